The van der Waals surface area contributed by atoms with Gasteiger partial charge in [0.05, 0.1) is 11.2 Å². The number of hydrogen-bond donors (Lipinski definition) is 2. The maximum absolute atomic E-state index is 12.5. The molecule has 1 aliphatic carbocycles. The van der Waals surface area contributed by atoms with Crippen molar-refractivity contribution in [3.63, 3.8) is 0 Å². The standard InChI is InChI=1S/C19H23N3O2/c20-19(10-3-1-4-11-19)18(23)22-15-8-6-9-17(13-15)24-14-16-7-2-5-12-21-16/h2,5-9,12-13H,1,3-4,10-11,14,20H2,(H,22,23). The van der Waals surface area contributed by atoms with Crippen LogP contribution >= 0.6 is 0 Å². The van der Waals surface area contributed by atoms with E-state index in [1.54, 1.807) is 6.20 Å². The van der Waals surface area contributed by atoms with Gasteiger partial charge < -0.3 is 15.8 Å². The van der Waals surface area contributed by atoms with Crippen LogP contribution in [0.3, 0.4) is 0 Å². The van der Waals surface area contributed by atoms with Gasteiger partial charge in [0.2, 0.25) is 5.91 Å². The van der Waals surface area contributed by atoms with Crippen molar-refractivity contribution in [3.05, 3.63) is 54.4 Å². The first-order chi connectivity index (χ1) is 11.7. The number of amides is 1. The molecule has 126 valence electrons. The van der Waals surface area contributed by atoms with Gasteiger partial charge in [-0.25, -0.2) is 0 Å². The molecule has 24 heavy (non-hydrogen) atoms. The first kappa shape index (κ1) is 16.5. The van der Waals surface area contributed by atoms with Crippen LogP contribution in [0.25, 0.3) is 0 Å². The van der Waals surface area contributed by atoms with Gasteiger partial charge in [0.25, 0.3) is 0 Å². The fourth-order valence-corrected chi connectivity index (χ4v) is 2.97. The lowest BCUT2D eigenvalue weighted by Crippen LogP contribution is -2.52. The maximum Gasteiger partial charge on any atom is 0.244 e. The first-order valence-corrected chi connectivity index (χ1v) is 8.39. The molecule has 0 spiro atoms. The summed E-state index contributed by atoms with van der Waals surface area (Å²) in [4.78, 5) is 16.7. The van der Waals surface area contributed by atoms with E-state index in [9.17, 15) is 4.79 Å². The highest BCUT2D eigenvalue weighted by Gasteiger charge is 2.35. The summed E-state index contributed by atoms with van der Waals surface area (Å²) in [6, 6.07) is 13.1. The third-order valence-corrected chi connectivity index (χ3v) is 4.40. The Hall–Kier alpha value is -2.40. The molecule has 1 saturated carbocycles. The number of pyridine rings is 1. The molecule has 1 aliphatic rings. The Morgan fingerprint density at radius 2 is 2.00 bits per heavy atom. The van der Waals surface area contributed by atoms with Crippen LogP contribution in [0.5, 0.6) is 5.75 Å². The Morgan fingerprint density at radius 3 is 2.75 bits per heavy atom. The predicted molar refractivity (Wildman–Crippen MR) is 93.6 cm³/mol. The van der Waals surface area contributed by atoms with Crippen LogP contribution in [-0.2, 0) is 11.4 Å². The molecule has 5 nitrogen and oxygen atoms in total. The fourth-order valence-electron chi connectivity index (χ4n) is 2.97. The van der Waals surface area contributed by atoms with Crippen molar-refractivity contribution in [3.8, 4) is 5.75 Å². The van der Waals surface area contributed by atoms with E-state index < -0.39 is 5.54 Å². The molecule has 0 aliphatic heterocycles. The molecule has 1 fully saturated rings. The molecule has 1 aromatic carbocycles. The second-order valence-electron chi connectivity index (χ2n) is 6.31. The lowest BCUT2D eigenvalue weighted by atomic mass is 9.82. The van der Waals surface area contributed by atoms with Crippen LogP contribution in [0.2, 0.25) is 0 Å². The van der Waals surface area contributed by atoms with Gasteiger partial charge in [-0.05, 0) is 37.1 Å². The number of anilines is 1. The Labute approximate surface area is 142 Å². The molecular formula is C19H23N3O2. The summed E-state index contributed by atoms with van der Waals surface area (Å²) in [6.45, 7) is 0.388. The molecule has 0 saturated heterocycles. The quantitative estimate of drug-likeness (QED) is 0.884. The van der Waals surface area contributed by atoms with E-state index >= 15 is 0 Å². The third kappa shape index (κ3) is 4.11. The zero-order valence-electron chi connectivity index (χ0n) is 13.7. The van der Waals surface area contributed by atoms with Gasteiger partial charge in [-0.2, -0.15) is 0 Å². The number of ether oxygens (including phenoxy) is 1. The van der Waals surface area contributed by atoms with Crippen LogP contribution in [0.4, 0.5) is 5.69 Å². The van der Waals surface area contributed by atoms with Crippen molar-refractivity contribution in [1.29, 1.82) is 0 Å². The van der Waals surface area contributed by atoms with Gasteiger partial charge in [-0.15, -0.1) is 0 Å². The van der Waals surface area contributed by atoms with Crippen molar-refractivity contribution >= 4 is 11.6 Å². The summed E-state index contributed by atoms with van der Waals surface area (Å²) in [5.74, 6) is 0.581. The number of carbonyl (C=O) groups is 1. The number of nitrogens with one attached hydrogen (secondary N) is 1. The van der Waals surface area contributed by atoms with Crippen LogP contribution in [0.15, 0.2) is 48.7 Å². The molecule has 0 unspecified atom stereocenters. The molecule has 0 atom stereocenters. The van der Waals surface area contributed by atoms with E-state index in [-0.39, 0.29) is 5.91 Å². The molecule has 1 amide bonds. The molecule has 2 aromatic rings. The Balaban J connectivity index is 1.61. The Kier molecular flexibility index (Phi) is 5.11. The van der Waals surface area contributed by atoms with E-state index in [2.05, 4.69) is 10.3 Å². The molecule has 1 heterocycles. The van der Waals surface area contributed by atoms with Crippen molar-refractivity contribution in [2.24, 2.45) is 5.73 Å². The molecule has 5 heteroatoms. The second-order valence-corrected chi connectivity index (χ2v) is 6.31. The number of benzene rings is 1. The lowest BCUT2D eigenvalue weighted by Gasteiger charge is -2.31. The smallest absolute Gasteiger partial charge is 0.244 e. The second kappa shape index (κ2) is 7.45. The molecule has 0 radical (unpaired) electrons. The predicted octanol–water partition coefficient (Wildman–Crippen LogP) is 3.26. The number of aromatic nitrogens is 1. The Bertz CT molecular complexity index is 682. The van der Waals surface area contributed by atoms with E-state index in [1.165, 1.54) is 0 Å². The van der Waals surface area contributed by atoms with E-state index in [4.69, 9.17) is 10.5 Å². The number of carbonyl (C=O) groups excluding carboxylic acids is 1. The minimum Gasteiger partial charge on any atom is -0.487 e. The van der Waals surface area contributed by atoms with Crippen LogP contribution in [0, 0.1) is 0 Å². The Morgan fingerprint density at radius 1 is 1.17 bits per heavy atom. The zero-order chi connectivity index (χ0) is 16.8. The summed E-state index contributed by atoms with van der Waals surface area (Å²) in [5.41, 5.74) is 7.08. The minimum absolute atomic E-state index is 0.107. The van der Waals surface area contributed by atoms with E-state index in [1.807, 2.05) is 42.5 Å². The molecule has 3 rings (SSSR count). The number of nitrogens with two attached hydrogens (primary N) is 1. The maximum atomic E-state index is 12.5. The van der Waals surface area contributed by atoms with E-state index in [0.29, 0.717) is 18.0 Å². The van der Waals surface area contributed by atoms with Crippen molar-refractivity contribution < 1.29 is 9.53 Å². The summed E-state index contributed by atoms with van der Waals surface area (Å²) in [6.07, 6.45) is 6.40. The highest BCUT2D eigenvalue weighted by molar-refractivity contribution is 5.98. The number of nitrogens with zero attached hydrogens (tertiary/aromatic N) is 1. The fraction of sp³-hybridized carbons (Fsp3) is 0.368. The van der Waals surface area contributed by atoms with Crippen molar-refractivity contribution in [1.82, 2.24) is 4.98 Å². The average molecular weight is 325 g/mol. The number of rotatable bonds is 5. The van der Waals surface area contributed by atoms with Gasteiger partial charge in [-0.1, -0.05) is 31.4 Å². The zero-order valence-corrected chi connectivity index (χ0v) is 13.7. The highest BCUT2D eigenvalue weighted by Crippen LogP contribution is 2.28. The monoisotopic (exact) mass is 325 g/mol. The van der Waals surface area contributed by atoms with Gasteiger partial charge in [0.1, 0.15) is 12.4 Å². The van der Waals surface area contributed by atoms with Crippen molar-refractivity contribution in [2.45, 2.75) is 44.2 Å². The summed E-state index contributed by atoms with van der Waals surface area (Å²) >= 11 is 0. The third-order valence-electron chi connectivity index (χ3n) is 4.40. The van der Waals surface area contributed by atoms with Crippen molar-refractivity contribution in [2.75, 3.05) is 5.32 Å². The van der Waals surface area contributed by atoms with Gasteiger partial charge >= 0.3 is 0 Å². The first-order valence-electron chi connectivity index (χ1n) is 8.39. The molecule has 3 N–H and O–H groups in total. The largest absolute Gasteiger partial charge is 0.487 e. The van der Waals surface area contributed by atoms with Gasteiger partial charge in [0.15, 0.2) is 0 Å². The summed E-state index contributed by atoms with van der Waals surface area (Å²) in [5, 5.41) is 2.93. The molecule has 0 bridgehead atoms. The summed E-state index contributed by atoms with van der Waals surface area (Å²) < 4.78 is 5.74. The number of hydrogen-bond acceptors (Lipinski definition) is 4. The normalized spacial score (nSPS) is 16.4. The topological polar surface area (TPSA) is 77.2 Å². The van der Waals surface area contributed by atoms with Gasteiger partial charge in [-0.3, -0.25) is 9.78 Å². The summed E-state index contributed by atoms with van der Waals surface area (Å²) in [7, 11) is 0. The van der Waals surface area contributed by atoms with Crippen LogP contribution in [-0.4, -0.2) is 16.4 Å². The SMILES string of the molecule is NC1(C(=O)Nc2cccc(OCc3ccccn3)c2)CCCCC1. The van der Waals surface area contributed by atoms with E-state index in [0.717, 1.165) is 37.8 Å². The van der Waals surface area contributed by atoms with Gasteiger partial charge in [0, 0.05) is 18.0 Å². The highest BCUT2D eigenvalue weighted by atomic mass is 16.5. The average Bonchev–Trinajstić information content (AvgIpc) is 2.62. The molecule has 1 aromatic heterocycles. The lowest BCUT2D eigenvalue weighted by molar-refractivity contribution is -0.122. The molecular weight excluding hydrogens is 302 g/mol. The minimum atomic E-state index is -0.747. The van der Waals surface area contributed by atoms with Crippen LogP contribution < -0.4 is 15.8 Å². The van der Waals surface area contributed by atoms with Crippen LogP contribution in [0.1, 0.15) is 37.8 Å².